The highest BCUT2D eigenvalue weighted by atomic mass is 16.5. The maximum absolute atomic E-state index is 5.95. The van der Waals surface area contributed by atoms with Crippen molar-refractivity contribution >= 4 is 0 Å². The molecule has 2 aliphatic rings. The summed E-state index contributed by atoms with van der Waals surface area (Å²) in [6.45, 7) is 1.39. The van der Waals surface area contributed by atoms with Crippen molar-refractivity contribution in [2.75, 3.05) is 0 Å². The van der Waals surface area contributed by atoms with Gasteiger partial charge in [0.1, 0.15) is 18.1 Å². The second-order valence-electron chi connectivity index (χ2n) is 6.10. The van der Waals surface area contributed by atoms with Gasteiger partial charge in [-0.3, -0.25) is 0 Å². The third kappa shape index (κ3) is 2.98. The summed E-state index contributed by atoms with van der Waals surface area (Å²) in [7, 11) is 0. The Bertz CT molecular complexity index is 628. The molecule has 4 rings (SSSR count). The molecule has 0 bridgehead atoms. The van der Waals surface area contributed by atoms with Crippen LogP contribution in [0.2, 0.25) is 0 Å². The van der Waals surface area contributed by atoms with Crippen LogP contribution in [0.1, 0.15) is 41.7 Å². The molecular formula is C18H21NO2. The van der Waals surface area contributed by atoms with Gasteiger partial charge in [-0.1, -0.05) is 6.07 Å². The lowest BCUT2D eigenvalue weighted by Gasteiger charge is -2.09. The summed E-state index contributed by atoms with van der Waals surface area (Å²) >= 11 is 0. The Morgan fingerprint density at radius 2 is 2.05 bits per heavy atom. The second-order valence-corrected chi connectivity index (χ2v) is 6.10. The number of aryl methyl sites for hydroxylation is 2. The van der Waals surface area contributed by atoms with Crippen LogP contribution >= 0.6 is 0 Å². The molecule has 1 aromatic carbocycles. The molecule has 21 heavy (non-hydrogen) atoms. The molecule has 3 heteroatoms. The van der Waals surface area contributed by atoms with E-state index in [1.54, 1.807) is 6.26 Å². The van der Waals surface area contributed by atoms with E-state index in [0.717, 1.165) is 23.6 Å². The van der Waals surface area contributed by atoms with Gasteiger partial charge in [0.15, 0.2) is 0 Å². The quantitative estimate of drug-likeness (QED) is 0.879. The maximum Gasteiger partial charge on any atom is 0.124 e. The zero-order valence-corrected chi connectivity index (χ0v) is 12.2. The van der Waals surface area contributed by atoms with E-state index in [1.807, 2.05) is 6.07 Å². The highest BCUT2D eigenvalue weighted by Gasteiger charge is 2.21. The molecule has 110 valence electrons. The lowest BCUT2D eigenvalue weighted by Crippen LogP contribution is -2.16. The Balaban J connectivity index is 1.38. The molecule has 0 radical (unpaired) electrons. The summed E-state index contributed by atoms with van der Waals surface area (Å²) in [6.07, 6.45) is 8.02. The predicted molar refractivity (Wildman–Crippen MR) is 81.4 cm³/mol. The largest absolute Gasteiger partial charge is 0.489 e. The monoisotopic (exact) mass is 283 g/mol. The molecule has 0 aliphatic heterocycles. The summed E-state index contributed by atoms with van der Waals surface area (Å²) in [5.74, 6) is 1.97. The highest BCUT2D eigenvalue weighted by Crippen LogP contribution is 2.27. The minimum Gasteiger partial charge on any atom is -0.489 e. The van der Waals surface area contributed by atoms with Crippen LogP contribution in [-0.2, 0) is 26.0 Å². The van der Waals surface area contributed by atoms with Crippen LogP contribution in [0.3, 0.4) is 0 Å². The van der Waals surface area contributed by atoms with Crippen molar-refractivity contribution in [3.63, 3.8) is 0 Å². The summed E-state index contributed by atoms with van der Waals surface area (Å²) in [5.41, 5.74) is 4.08. The number of furan rings is 1. The molecule has 1 heterocycles. The van der Waals surface area contributed by atoms with E-state index in [1.165, 1.54) is 43.2 Å². The first-order chi connectivity index (χ1) is 10.4. The van der Waals surface area contributed by atoms with E-state index in [0.29, 0.717) is 12.6 Å². The predicted octanol–water partition coefficient (Wildman–Crippen LogP) is 3.60. The molecule has 0 spiro atoms. The fourth-order valence-corrected chi connectivity index (χ4v) is 2.97. The van der Waals surface area contributed by atoms with E-state index in [9.17, 15) is 0 Å². The fourth-order valence-electron chi connectivity index (χ4n) is 2.97. The van der Waals surface area contributed by atoms with Gasteiger partial charge in [-0.2, -0.15) is 0 Å². The number of hydrogen-bond donors (Lipinski definition) is 1. The van der Waals surface area contributed by atoms with E-state index < -0.39 is 0 Å². The topological polar surface area (TPSA) is 34.4 Å². The van der Waals surface area contributed by atoms with Crippen LogP contribution in [0.25, 0.3) is 0 Å². The number of benzene rings is 1. The second kappa shape index (κ2) is 5.57. The SMILES string of the molecule is c1cc(COc2ccc3c(c2)CCC3)c(CNC2CC2)o1. The molecule has 0 unspecified atom stereocenters. The molecular weight excluding hydrogens is 262 g/mol. The first-order valence-electron chi connectivity index (χ1n) is 7.92. The Hall–Kier alpha value is -1.74. The minimum absolute atomic E-state index is 0.580. The van der Waals surface area contributed by atoms with Gasteiger partial charge < -0.3 is 14.5 Å². The zero-order chi connectivity index (χ0) is 14.1. The van der Waals surface area contributed by atoms with Crippen molar-refractivity contribution < 1.29 is 9.15 Å². The molecule has 2 aromatic rings. The number of fused-ring (bicyclic) bond motifs is 1. The average Bonchev–Trinajstić information content (AvgIpc) is 3.04. The average molecular weight is 283 g/mol. The Morgan fingerprint density at radius 1 is 1.14 bits per heavy atom. The number of rotatable bonds is 6. The van der Waals surface area contributed by atoms with Crippen molar-refractivity contribution in [1.82, 2.24) is 5.32 Å². The molecule has 0 saturated heterocycles. The summed E-state index contributed by atoms with van der Waals surface area (Å²) in [5, 5.41) is 3.48. The zero-order valence-electron chi connectivity index (χ0n) is 12.2. The maximum atomic E-state index is 5.95. The smallest absolute Gasteiger partial charge is 0.124 e. The molecule has 1 fully saturated rings. The van der Waals surface area contributed by atoms with Gasteiger partial charge in [0, 0.05) is 11.6 Å². The van der Waals surface area contributed by atoms with Gasteiger partial charge in [0.25, 0.3) is 0 Å². The number of nitrogens with one attached hydrogen (secondary N) is 1. The third-order valence-electron chi connectivity index (χ3n) is 4.43. The van der Waals surface area contributed by atoms with E-state index in [4.69, 9.17) is 9.15 Å². The van der Waals surface area contributed by atoms with Crippen LogP contribution in [-0.4, -0.2) is 6.04 Å². The van der Waals surface area contributed by atoms with E-state index in [-0.39, 0.29) is 0 Å². The molecule has 1 saturated carbocycles. The Kier molecular flexibility index (Phi) is 3.44. The Labute approximate surface area is 125 Å². The first kappa shape index (κ1) is 13.0. The molecule has 0 atom stereocenters. The van der Waals surface area contributed by atoms with E-state index >= 15 is 0 Å². The van der Waals surface area contributed by atoms with Crippen LogP contribution in [0.5, 0.6) is 5.75 Å². The van der Waals surface area contributed by atoms with Crippen LogP contribution in [0.4, 0.5) is 0 Å². The van der Waals surface area contributed by atoms with Crippen molar-refractivity contribution in [2.24, 2.45) is 0 Å². The van der Waals surface area contributed by atoms with Crippen molar-refractivity contribution in [3.05, 3.63) is 53.0 Å². The molecule has 2 aliphatic carbocycles. The summed E-state index contributed by atoms with van der Waals surface area (Å²) < 4.78 is 11.5. The van der Waals surface area contributed by atoms with Crippen LogP contribution in [0.15, 0.2) is 34.9 Å². The summed E-state index contributed by atoms with van der Waals surface area (Å²) in [4.78, 5) is 0. The van der Waals surface area contributed by atoms with Crippen molar-refractivity contribution in [3.8, 4) is 5.75 Å². The van der Waals surface area contributed by atoms with Crippen LogP contribution in [0, 0.1) is 0 Å². The number of ether oxygens (including phenoxy) is 1. The molecule has 1 N–H and O–H groups in total. The van der Waals surface area contributed by atoms with Gasteiger partial charge in [0.05, 0.1) is 12.8 Å². The summed E-state index contributed by atoms with van der Waals surface area (Å²) in [6, 6.07) is 9.21. The van der Waals surface area contributed by atoms with Crippen LogP contribution < -0.4 is 10.1 Å². The standard InChI is InChI=1S/C18H21NO2/c1-2-13-4-7-17(10-14(13)3-1)21-12-15-8-9-20-18(15)11-19-16-5-6-16/h4,7-10,16,19H,1-3,5-6,11-12H2. The highest BCUT2D eigenvalue weighted by molar-refractivity contribution is 5.38. The minimum atomic E-state index is 0.580. The van der Waals surface area contributed by atoms with E-state index in [2.05, 4.69) is 23.5 Å². The number of hydrogen-bond acceptors (Lipinski definition) is 3. The molecule has 1 aromatic heterocycles. The van der Waals surface area contributed by atoms with Gasteiger partial charge in [-0.15, -0.1) is 0 Å². The lowest BCUT2D eigenvalue weighted by molar-refractivity contribution is 0.301. The van der Waals surface area contributed by atoms with Gasteiger partial charge in [-0.25, -0.2) is 0 Å². The normalized spacial score (nSPS) is 17.0. The van der Waals surface area contributed by atoms with Crippen molar-refractivity contribution in [1.29, 1.82) is 0 Å². The van der Waals surface area contributed by atoms with Crippen molar-refractivity contribution in [2.45, 2.75) is 51.3 Å². The fraction of sp³-hybridized carbons (Fsp3) is 0.444. The third-order valence-corrected chi connectivity index (χ3v) is 4.43. The van der Waals surface area contributed by atoms with Gasteiger partial charge in [0.2, 0.25) is 0 Å². The first-order valence-corrected chi connectivity index (χ1v) is 7.92. The molecule has 3 nitrogen and oxygen atoms in total. The Morgan fingerprint density at radius 3 is 2.95 bits per heavy atom. The molecule has 0 amide bonds. The van der Waals surface area contributed by atoms with Gasteiger partial charge >= 0.3 is 0 Å². The lowest BCUT2D eigenvalue weighted by atomic mass is 10.1. The van der Waals surface area contributed by atoms with Gasteiger partial charge in [-0.05, 0) is 61.4 Å².